The molecule has 1 aromatic heterocycles. The van der Waals surface area contributed by atoms with Gasteiger partial charge in [-0.2, -0.15) is 8.78 Å². The molecule has 1 unspecified atom stereocenters. The number of aliphatic hydroxyl groups is 1. The van der Waals surface area contributed by atoms with Crippen molar-refractivity contribution in [2.75, 3.05) is 19.6 Å². The summed E-state index contributed by atoms with van der Waals surface area (Å²) in [5.74, 6) is 0.666. The van der Waals surface area contributed by atoms with Crippen LogP contribution in [0.5, 0.6) is 5.75 Å². The lowest BCUT2D eigenvalue weighted by atomic mass is 10.1. The van der Waals surface area contributed by atoms with Gasteiger partial charge in [0.05, 0.1) is 12.6 Å². The Kier molecular flexibility index (Phi) is 12.1. The zero-order valence-corrected chi connectivity index (χ0v) is 18.5. The van der Waals surface area contributed by atoms with Crippen LogP contribution in [0, 0.1) is 0 Å². The van der Waals surface area contributed by atoms with Gasteiger partial charge in [-0.15, -0.1) is 34.2 Å². The highest BCUT2D eigenvalue weighted by molar-refractivity contribution is 14.0. The van der Waals surface area contributed by atoms with Crippen LogP contribution in [0.3, 0.4) is 0 Å². The Morgan fingerprint density at radius 2 is 1.86 bits per heavy atom. The molecule has 1 aromatic carbocycles. The molecule has 1 heterocycles. The van der Waals surface area contributed by atoms with Crippen LogP contribution < -0.4 is 15.4 Å². The zero-order chi connectivity index (χ0) is 20.2. The lowest BCUT2D eigenvalue weighted by Crippen LogP contribution is -2.38. The number of nitrogens with zero attached hydrogens (tertiary/aromatic N) is 4. The van der Waals surface area contributed by atoms with E-state index < -0.39 is 12.7 Å². The smallest absolute Gasteiger partial charge is 0.387 e. The van der Waals surface area contributed by atoms with Gasteiger partial charge in [-0.1, -0.05) is 12.1 Å². The maximum absolute atomic E-state index is 12.2. The third-order valence-corrected chi connectivity index (χ3v) is 3.86. The van der Waals surface area contributed by atoms with Crippen molar-refractivity contribution in [3.63, 3.8) is 0 Å². The molecule has 0 saturated heterocycles. The number of halogens is 3. The summed E-state index contributed by atoms with van der Waals surface area (Å²) < 4.78 is 30.6. The highest BCUT2D eigenvalue weighted by Crippen LogP contribution is 2.19. The van der Waals surface area contributed by atoms with Gasteiger partial charge >= 0.3 is 6.61 Å². The molecule has 0 aliphatic carbocycles. The topological polar surface area (TPSA) is 96.6 Å². The van der Waals surface area contributed by atoms with E-state index >= 15 is 0 Å². The average Bonchev–Trinajstić information content (AvgIpc) is 3.19. The summed E-state index contributed by atoms with van der Waals surface area (Å²) in [5, 5.41) is 24.1. The summed E-state index contributed by atoms with van der Waals surface area (Å²) in [5.41, 5.74) is 0.579. The van der Waals surface area contributed by atoms with Crippen LogP contribution in [0.4, 0.5) is 8.78 Å². The molecule has 0 saturated carbocycles. The second kappa shape index (κ2) is 14.0. The molecule has 1 atom stereocenters. The molecule has 0 spiro atoms. The Hall–Kier alpha value is -2.02. The van der Waals surface area contributed by atoms with Crippen LogP contribution >= 0.6 is 24.0 Å². The Morgan fingerprint density at radius 1 is 1.17 bits per heavy atom. The van der Waals surface area contributed by atoms with E-state index in [0.717, 1.165) is 25.9 Å². The lowest BCUT2D eigenvalue weighted by Gasteiger charge is -2.14. The predicted octanol–water partition coefficient (Wildman–Crippen LogP) is 2.57. The van der Waals surface area contributed by atoms with Gasteiger partial charge in [0.15, 0.2) is 5.96 Å². The molecule has 0 amide bonds. The number of ether oxygens (including phenoxy) is 1. The molecule has 8 nitrogen and oxygen atoms in total. The number of alkyl halides is 2. The standard InChI is InChI=1S/C18H26F2N6O2.HI/c1-2-21-18(22-9-3-4-10-26-12-24-25-13-26)23-11-16(27)14-5-7-15(8-6-14)28-17(19)20;/h5-8,12-13,16-17,27H,2-4,9-11H2,1H3,(H2,21,22,23);1H. The highest BCUT2D eigenvalue weighted by atomic mass is 127. The van der Waals surface area contributed by atoms with E-state index in [0.29, 0.717) is 18.1 Å². The number of benzene rings is 1. The van der Waals surface area contributed by atoms with E-state index in [2.05, 4.69) is 30.6 Å². The molecular formula is C18H27F2IN6O2. The second-order valence-electron chi connectivity index (χ2n) is 6.02. The van der Waals surface area contributed by atoms with Crippen molar-refractivity contribution in [2.24, 2.45) is 4.99 Å². The maximum Gasteiger partial charge on any atom is 0.387 e. The van der Waals surface area contributed by atoms with Crippen molar-refractivity contribution in [2.45, 2.75) is 39.0 Å². The Labute approximate surface area is 185 Å². The predicted molar refractivity (Wildman–Crippen MR) is 117 cm³/mol. The van der Waals surface area contributed by atoms with Gasteiger partial charge < -0.3 is 25.0 Å². The van der Waals surface area contributed by atoms with Gasteiger partial charge in [-0.3, -0.25) is 4.99 Å². The van der Waals surface area contributed by atoms with E-state index in [4.69, 9.17) is 0 Å². The van der Waals surface area contributed by atoms with Crippen LogP contribution in [0.15, 0.2) is 41.9 Å². The fraction of sp³-hybridized carbons (Fsp3) is 0.500. The first-order chi connectivity index (χ1) is 13.6. The summed E-state index contributed by atoms with van der Waals surface area (Å²) in [4.78, 5) is 4.38. The molecular weight excluding hydrogens is 497 g/mol. The summed E-state index contributed by atoms with van der Waals surface area (Å²) in [6.45, 7) is 1.52. The van der Waals surface area contributed by atoms with Gasteiger partial charge in [-0.25, -0.2) is 0 Å². The molecule has 0 aliphatic heterocycles. The zero-order valence-electron chi connectivity index (χ0n) is 16.2. The monoisotopic (exact) mass is 524 g/mol. The van der Waals surface area contributed by atoms with Gasteiger partial charge in [-0.05, 0) is 37.5 Å². The molecule has 2 aromatic rings. The number of aromatic nitrogens is 3. The summed E-state index contributed by atoms with van der Waals surface area (Å²) in [6, 6.07) is 5.88. The normalized spacial score (nSPS) is 12.4. The van der Waals surface area contributed by atoms with Crippen molar-refractivity contribution in [3.8, 4) is 5.75 Å². The number of aliphatic imine (C=N–C) groups is 1. The van der Waals surface area contributed by atoms with Crippen molar-refractivity contribution >= 4 is 29.9 Å². The first-order valence-electron chi connectivity index (χ1n) is 9.16. The van der Waals surface area contributed by atoms with Crippen molar-refractivity contribution < 1.29 is 18.6 Å². The summed E-state index contributed by atoms with van der Waals surface area (Å²) in [7, 11) is 0. The van der Waals surface area contributed by atoms with Crippen LogP contribution in [-0.2, 0) is 6.54 Å². The van der Waals surface area contributed by atoms with Crippen LogP contribution in [0.2, 0.25) is 0 Å². The SMILES string of the molecule is CCNC(=NCC(O)c1ccc(OC(F)F)cc1)NCCCCn1cnnc1.I. The molecule has 0 radical (unpaired) electrons. The number of guanidine groups is 1. The third-order valence-electron chi connectivity index (χ3n) is 3.86. The minimum atomic E-state index is -2.87. The largest absolute Gasteiger partial charge is 0.435 e. The van der Waals surface area contributed by atoms with Crippen molar-refractivity contribution in [1.29, 1.82) is 0 Å². The van der Waals surface area contributed by atoms with Gasteiger partial charge in [0, 0.05) is 19.6 Å². The molecule has 0 fully saturated rings. The first-order valence-corrected chi connectivity index (χ1v) is 9.16. The van der Waals surface area contributed by atoms with E-state index in [1.54, 1.807) is 24.8 Å². The second-order valence-corrected chi connectivity index (χ2v) is 6.02. The minimum Gasteiger partial charge on any atom is -0.435 e. The Bertz CT molecular complexity index is 701. The third kappa shape index (κ3) is 9.83. The molecule has 29 heavy (non-hydrogen) atoms. The number of rotatable bonds is 11. The summed E-state index contributed by atoms with van der Waals surface area (Å²) in [6.07, 6.45) is 4.44. The van der Waals surface area contributed by atoms with Gasteiger partial charge in [0.25, 0.3) is 0 Å². The molecule has 3 N–H and O–H groups in total. The molecule has 162 valence electrons. The number of aryl methyl sites for hydroxylation is 1. The van der Waals surface area contributed by atoms with E-state index in [-0.39, 0.29) is 36.3 Å². The van der Waals surface area contributed by atoms with Gasteiger partial charge in [0.1, 0.15) is 18.4 Å². The lowest BCUT2D eigenvalue weighted by molar-refractivity contribution is -0.0498. The average molecular weight is 524 g/mol. The van der Waals surface area contributed by atoms with E-state index in [1.807, 2.05) is 11.5 Å². The number of unbranched alkanes of at least 4 members (excludes halogenated alkanes) is 1. The van der Waals surface area contributed by atoms with Crippen LogP contribution in [0.25, 0.3) is 0 Å². The van der Waals surface area contributed by atoms with E-state index in [9.17, 15) is 13.9 Å². The molecule has 0 bridgehead atoms. The van der Waals surface area contributed by atoms with Crippen LogP contribution in [-0.4, -0.2) is 52.1 Å². The maximum atomic E-state index is 12.2. The Balaban J connectivity index is 0.00000420. The van der Waals surface area contributed by atoms with Crippen LogP contribution in [0.1, 0.15) is 31.4 Å². The molecule has 0 aliphatic rings. The minimum absolute atomic E-state index is 0. The first kappa shape index (κ1) is 25.0. The fourth-order valence-corrected chi connectivity index (χ4v) is 2.46. The van der Waals surface area contributed by atoms with Gasteiger partial charge in [0.2, 0.25) is 0 Å². The fourth-order valence-electron chi connectivity index (χ4n) is 2.46. The van der Waals surface area contributed by atoms with E-state index in [1.165, 1.54) is 12.1 Å². The quantitative estimate of drug-likeness (QED) is 0.181. The Morgan fingerprint density at radius 3 is 2.48 bits per heavy atom. The molecule has 11 heteroatoms. The molecule has 2 rings (SSSR count). The summed E-state index contributed by atoms with van der Waals surface area (Å²) >= 11 is 0. The highest BCUT2D eigenvalue weighted by Gasteiger charge is 2.09. The van der Waals surface area contributed by atoms with Crippen molar-refractivity contribution in [1.82, 2.24) is 25.4 Å². The number of nitrogens with one attached hydrogen (secondary N) is 2. The number of hydrogen-bond acceptors (Lipinski definition) is 5. The van der Waals surface area contributed by atoms with Crippen molar-refractivity contribution in [3.05, 3.63) is 42.5 Å². The number of hydrogen-bond donors (Lipinski definition) is 3. The number of aliphatic hydroxyl groups excluding tert-OH is 1.